The molecule has 1 aliphatic carbocycles. The van der Waals surface area contributed by atoms with Crippen LogP contribution < -0.4 is 5.73 Å². The molecule has 2 atom stereocenters. The van der Waals surface area contributed by atoms with Gasteiger partial charge in [0.1, 0.15) is 0 Å². The van der Waals surface area contributed by atoms with Gasteiger partial charge in [-0.2, -0.15) is 0 Å². The highest BCUT2D eigenvalue weighted by molar-refractivity contribution is 5.38. The van der Waals surface area contributed by atoms with Gasteiger partial charge >= 0.3 is 0 Å². The van der Waals surface area contributed by atoms with E-state index in [-0.39, 0.29) is 0 Å². The van der Waals surface area contributed by atoms with E-state index >= 15 is 0 Å². The van der Waals surface area contributed by atoms with Crippen molar-refractivity contribution in [1.29, 1.82) is 0 Å². The summed E-state index contributed by atoms with van der Waals surface area (Å²) in [6, 6.07) is 5.02. The van der Waals surface area contributed by atoms with E-state index in [9.17, 15) is 0 Å². The summed E-state index contributed by atoms with van der Waals surface area (Å²) >= 11 is 0. The number of nitrogens with two attached hydrogens (primary N) is 1. The van der Waals surface area contributed by atoms with E-state index in [1.807, 2.05) is 0 Å². The van der Waals surface area contributed by atoms with Gasteiger partial charge in [0.15, 0.2) is 0 Å². The van der Waals surface area contributed by atoms with Gasteiger partial charge in [-0.15, -0.1) is 0 Å². The maximum Gasteiger partial charge on any atom is 0.00704 e. The van der Waals surface area contributed by atoms with Crippen molar-refractivity contribution in [2.75, 3.05) is 0 Å². The third kappa shape index (κ3) is 2.07. The van der Waals surface area contributed by atoms with Crippen LogP contribution in [0.25, 0.3) is 0 Å². The molecule has 1 aliphatic rings. The first-order chi connectivity index (χ1) is 7.08. The Bertz CT molecular complexity index is 345. The Kier molecular flexibility index (Phi) is 2.83. The van der Waals surface area contributed by atoms with Crippen molar-refractivity contribution in [1.82, 2.24) is 0 Å². The highest BCUT2D eigenvalue weighted by Crippen LogP contribution is 2.31. The smallest absolute Gasteiger partial charge is 0.00704 e. The molecule has 1 heteroatoms. The van der Waals surface area contributed by atoms with Crippen molar-refractivity contribution >= 4 is 0 Å². The van der Waals surface area contributed by atoms with Crippen LogP contribution in [0.3, 0.4) is 0 Å². The second-order valence-corrected chi connectivity index (χ2v) is 5.08. The molecule has 0 radical (unpaired) electrons. The van der Waals surface area contributed by atoms with Crippen molar-refractivity contribution in [2.24, 2.45) is 11.7 Å². The summed E-state index contributed by atoms with van der Waals surface area (Å²) in [5.74, 6) is 0.727. The van der Waals surface area contributed by atoms with Crippen molar-refractivity contribution in [2.45, 2.75) is 46.1 Å². The number of aryl methyl sites for hydroxylation is 3. The van der Waals surface area contributed by atoms with Crippen LogP contribution in [0.2, 0.25) is 0 Å². The molecule has 0 amide bonds. The lowest BCUT2D eigenvalue weighted by atomic mass is 9.75. The number of hydrogen-bond donors (Lipinski definition) is 1. The van der Waals surface area contributed by atoms with E-state index in [2.05, 4.69) is 32.9 Å². The fourth-order valence-corrected chi connectivity index (χ4v) is 2.64. The van der Waals surface area contributed by atoms with Crippen LogP contribution in [0.5, 0.6) is 0 Å². The van der Waals surface area contributed by atoms with E-state index in [1.165, 1.54) is 41.5 Å². The molecule has 2 unspecified atom stereocenters. The highest BCUT2D eigenvalue weighted by Gasteiger charge is 2.27. The minimum Gasteiger partial charge on any atom is -0.327 e. The minimum atomic E-state index is 0.449. The fraction of sp³-hybridized carbons (Fsp3) is 0.571. The maximum atomic E-state index is 6.00. The zero-order valence-corrected chi connectivity index (χ0v) is 10.0. The molecule has 15 heavy (non-hydrogen) atoms. The van der Waals surface area contributed by atoms with E-state index in [4.69, 9.17) is 5.73 Å². The molecule has 0 spiro atoms. The molecule has 2 rings (SSSR count). The van der Waals surface area contributed by atoms with Crippen molar-refractivity contribution < 1.29 is 0 Å². The fourth-order valence-electron chi connectivity index (χ4n) is 2.64. The van der Waals surface area contributed by atoms with Crippen LogP contribution in [0, 0.1) is 26.7 Å². The molecule has 1 nitrogen and oxygen atoms in total. The lowest BCUT2D eigenvalue weighted by Gasteiger charge is -2.34. The first-order valence-electron chi connectivity index (χ1n) is 5.90. The zero-order chi connectivity index (χ0) is 11.0. The molecule has 0 bridgehead atoms. The summed E-state index contributed by atoms with van der Waals surface area (Å²) in [6.45, 7) is 6.61. The summed E-state index contributed by atoms with van der Waals surface area (Å²) in [6.07, 6.45) is 3.71. The quantitative estimate of drug-likeness (QED) is 0.786. The van der Waals surface area contributed by atoms with Gasteiger partial charge in [0, 0.05) is 6.04 Å². The summed E-state index contributed by atoms with van der Waals surface area (Å²) in [5.41, 5.74) is 11.8. The first-order valence-corrected chi connectivity index (χ1v) is 5.90. The highest BCUT2D eigenvalue weighted by atomic mass is 14.7. The summed E-state index contributed by atoms with van der Waals surface area (Å²) in [4.78, 5) is 0. The Labute approximate surface area is 92.7 Å². The predicted molar refractivity (Wildman–Crippen MR) is 65.1 cm³/mol. The van der Waals surface area contributed by atoms with E-state index in [1.54, 1.807) is 0 Å². The summed E-state index contributed by atoms with van der Waals surface area (Å²) in [7, 11) is 0. The Morgan fingerprint density at radius 3 is 2.13 bits per heavy atom. The van der Waals surface area contributed by atoms with Crippen molar-refractivity contribution in [3.63, 3.8) is 0 Å². The molecule has 0 saturated heterocycles. The Hall–Kier alpha value is -0.820. The van der Waals surface area contributed by atoms with Crippen LogP contribution in [0.4, 0.5) is 0 Å². The molecule has 1 fully saturated rings. The lowest BCUT2D eigenvalue weighted by Crippen LogP contribution is -2.40. The molecule has 0 aliphatic heterocycles. The Morgan fingerprint density at radius 1 is 1.13 bits per heavy atom. The van der Waals surface area contributed by atoms with Gasteiger partial charge in [0.2, 0.25) is 0 Å². The van der Waals surface area contributed by atoms with Gasteiger partial charge in [0.05, 0.1) is 0 Å². The zero-order valence-electron chi connectivity index (χ0n) is 10.0. The molecule has 2 N–H and O–H groups in total. The average Bonchev–Trinajstić information content (AvgIpc) is 2.14. The normalized spacial score (nSPS) is 25.1. The lowest BCUT2D eigenvalue weighted by molar-refractivity contribution is 0.255. The molecule has 0 heterocycles. The van der Waals surface area contributed by atoms with E-state index < -0.39 is 0 Å². The van der Waals surface area contributed by atoms with Gasteiger partial charge in [-0.25, -0.2) is 0 Å². The molecule has 0 aromatic heterocycles. The van der Waals surface area contributed by atoms with Gasteiger partial charge in [0.25, 0.3) is 0 Å². The standard InChI is InChI=1S/C14H21N/c1-9-6-10(2)13(11(3)7-9)8-12-4-5-14(12)15/h6-7,12,14H,4-5,8,15H2,1-3H3. The van der Waals surface area contributed by atoms with Crippen LogP contribution in [0.1, 0.15) is 35.1 Å². The van der Waals surface area contributed by atoms with Crippen LogP contribution in [-0.2, 0) is 6.42 Å². The van der Waals surface area contributed by atoms with Crippen molar-refractivity contribution in [3.8, 4) is 0 Å². The van der Waals surface area contributed by atoms with Gasteiger partial charge in [-0.3, -0.25) is 0 Å². The average molecular weight is 203 g/mol. The molecule has 1 saturated carbocycles. The van der Waals surface area contributed by atoms with Crippen LogP contribution in [0.15, 0.2) is 12.1 Å². The maximum absolute atomic E-state index is 6.00. The second kappa shape index (κ2) is 3.97. The topological polar surface area (TPSA) is 26.0 Å². The van der Waals surface area contributed by atoms with Crippen LogP contribution in [-0.4, -0.2) is 6.04 Å². The predicted octanol–water partition coefficient (Wildman–Crippen LogP) is 2.89. The second-order valence-electron chi connectivity index (χ2n) is 5.08. The Balaban J connectivity index is 2.20. The Morgan fingerprint density at radius 2 is 1.73 bits per heavy atom. The third-order valence-electron chi connectivity index (χ3n) is 3.78. The van der Waals surface area contributed by atoms with Gasteiger partial charge < -0.3 is 5.73 Å². The SMILES string of the molecule is Cc1cc(C)c(CC2CCC2N)c(C)c1. The van der Waals surface area contributed by atoms with Crippen molar-refractivity contribution in [3.05, 3.63) is 34.4 Å². The summed E-state index contributed by atoms with van der Waals surface area (Å²) < 4.78 is 0. The molecule has 82 valence electrons. The molecular weight excluding hydrogens is 182 g/mol. The van der Waals surface area contributed by atoms with Crippen LogP contribution >= 0.6 is 0 Å². The number of hydrogen-bond acceptors (Lipinski definition) is 1. The van der Waals surface area contributed by atoms with E-state index in [0.29, 0.717) is 6.04 Å². The molecular formula is C14H21N. The third-order valence-corrected chi connectivity index (χ3v) is 3.78. The van der Waals surface area contributed by atoms with Gasteiger partial charge in [-0.1, -0.05) is 17.7 Å². The first kappa shape index (κ1) is 10.7. The number of benzene rings is 1. The monoisotopic (exact) mass is 203 g/mol. The molecule has 1 aromatic carbocycles. The molecule has 1 aromatic rings. The minimum absolute atomic E-state index is 0.449. The van der Waals surface area contributed by atoms with E-state index in [0.717, 1.165) is 5.92 Å². The largest absolute Gasteiger partial charge is 0.327 e. The van der Waals surface area contributed by atoms with Gasteiger partial charge in [-0.05, 0) is 62.6 Å². The summed E-state index contributed by atoms with van der Waals surface area (Å²) in [5, 5.41) is 0. The number of rotatable bonds is 2.